The molecular weight excluding hydrogens is 472 g/mol. The molecule has 0 aliphatic heterocycles. The lowest BCUT2D eigenvalue weighted by atomic mass is 10.0. The van der Waals surface area contributed by atoms with Crippen LogP contribution in [0.4, 0.5) is 0 Å². The molecule has 0 N–H and O–H groups in total. The molecule has 1 heterocycles. The Labute approximate surface area is 220 Å². The van der Waals surface area contributed by atoms with Crippen LogP contribution in [0.5, 0.6) is 11.5 Å². The highest BCUT2D eigenvalue weighted by molar-refractivity contribution is 7.09. The van der Waals surface area contributed by atoms with Gasteiger partial charge in [0.2, 0.25) is 11.8 Å². The molecule has 1 atom stereocenters. The minimum Gasteiger partial charge on any atom is -0.493 e. The molecule has 2 aromatic rings. The lowest BCUT2D eigenvalue weighted by Gasteiger charge is -2.31. The number of carbonyl (C=O) groups is 2. The van der Waals surface area contributed by atoms with Crippen molar-refractivity contribution in [3.05, 3.63) is 46.2 Å². The Balaban J connectivity index is 1.69. The molecule has 1 aliphatic rings. The Kier molecular flexibility index (Phi) is 11.1. The van der Waals surface area contributed by atoms with Gasteiger partial charge in [0, 0.05) is 23.9 Å². The molecular formula is C29H42N2O4S. The molecule has 0 spiro atoms. The summed E-state index contributed by atoms with van der Waals surface area (Å²) in [5.41, 5.74) is 1.07. The number of rotatable bonds is 14. The van der Waals surface area contributed by atoms with Crippen molar-refractivity contribution < 1.29 is 19.1 Å². The minimum atomic E-state index is -0.00149. The maximum absolute atomic E-state index is 13.6. The Morgan fingerprint density at radius 3 is 2.47 bits per heavy atom. The molecule has 2 amide bonds. The van der Waals surface area contributed by atoms with Gasteiger partial charge in [-0.05, 0) is 61.2 Å². The molecule has 3 rings (SSSR count). The fourth-order valence-electron chi connectivity index (χ4n) is 4.91. The Morgan fingerprint density at radius 2 is 1.83 bits per heavy atom. The standard InChI is InChI=1S/C29H42N2O4S/c1-5-22(2)31(28(32)15-13-23-9-6-7-10-23)21-29(33)30(20-25-11-8-18-36-25)17-16-24-12-14-26(34-3)27(19-24)35-4/h8,11-12,14,18-19,22-23H,5-7,9-10,13,15-17,20-21H2,1-4H3. The van der Waals surface area contributed by atoms with Crippen molar-refractivity contribution in [2.75, 3.05) is 27.3 Å². The van der Waals surface area contributed by atoms with Gasteiger partial charge in [-0.15, -0.1) is 11.3 Å². The van der Waals surface area contributed by atoms with Gasteiger partial charge in [0.05, 0.1) is 27.3 Å². The van der Waals surface area contributed by atoms with Gasteiger partial charge in [0.25, 0.3) is 0 Å². The van der Waals surface area contributed by atoms with Gasteiger partial charge >= 0.3 is 0 Å². The molecule has 1 aliphatic carbocycles. The first kappa shape index (κ1) is 28.0. The number of nitrogens with zero attached hydrogens (tertiary/aromatic N) is 2. The molecule has 0 saturated heterocycles. The zero-order valence-electron chi connectivity index (χ0n) is 22.3. The largest absolute Gasteiger partial charge is 0.493 e. The second-order valence-electron chi connectivity index (χ2n) is 9.80. The van der Waals surface area contributed by atoms with Crippen LogP contribution in [0.15, 0.2) is 35.7 Å². The molecule has 36 heavy (non-hydrogen) atoms. The zero-order valence-corrected chi connectivity index (χ0v) is 23.1. The SMILES string of the molecule is CCC(C)N(CC(=O)N(CCc1ccc(OC)c(OC)c1)Cc1cccs1)C(=O)CCC1CCCC1. The molecule has 7 heteroatoms. The minimum absolute atomic E-state index is 0.00149. The van der Waals surface area contributed by atoms with Gasteiger partial charge in [-0.1, -0.05) is 44.7 Å². The van der Waals surface area contributed by atoms with Crippen molar-refractivity contribution in [2.24, 2.45) is 5.92 Å². The lowest BCUT2D eigenvalue weighted by molar-refractivity contribution is -0.142. The molecule has 0 radical (unpaired) electrons. The van der Waals surface area contributed by atoms with E-state index in [0.29, 0.717) is 43.3 Å². The summed E-state index contributed by atoms with van der Waals surface area (Å²) in [5, 5.41) is 2.03. The molecule has 0 bridgehead atoms. The molecule has 1 saturated carbocycles. The highest BCUT2D eigenvalue weighted by Crippen LogP contribution is 2.29. The number of ether oxygens (including phenoxy) is 2. The lowest BCUT2D eigenvalue weighted by Crippen LogP contribution is -2.46. The van der Waals surface area contributed by atoms with Crippen LogP contribution in [0.2, 0.25) is 0 Å². The Morgan fingerprint density at radius 1 is 1.08 bits per heavy atom. The predicted molar refractivity (Wildman–Crippen MR) is 146 cm³/mol. The van der Waals surface area contributed by atoms with Gasteiger partial charge in [0.1, 0.15) is 0 Å². The summed E-state index contributed by atoms with van der Waals surface area (Å²) in [6.45, 7) is 5.38. The highest BCUT2D eigenvalue weighted by atomic mass is 32.1. The predicted octanol–water partition coefficient (Wildman–Crippen LogP) is 5.93. The van der Waals surface area contributed by atoms with Crippen LogP contribution < -0.4 is 9.47 Å². The first-order valence-electron chi connectivity index (χ1n) is 13.3. The molecule has 1 aromatic carbocycles. The second-order valence-corrected chi connectivity index (χ2v) is 10.8. The van der Waals surface area contributed by atoms with Crippen molar-refractivity contribution in [3.63, 3.8) is 0 Å². The van der Waals surface area contributed by atoms with Crippen LogP contribution in [0, 0.1) is 5.92 Å². The summed E-state index contributed by atoms with van der Waals surface area (Å²) in [5.74, 6) is 2.15. The van der Waals surface area contributed by atoms with Crippen molar-refractivity contribution in [1.29, 1.82) is 0 Å². The van der Waals surface area contributed by atoms with Crippen LogP contribution in [0.1, 0.15) is 69.2 Å². The average Bonchev–Trinajstić information content (AvgIpc) is 3.62. The van der Waals surface area contributed by atoms with E-state index in [2.05, 4.69) is 13.0 Å². The summed E-state index contributed by atoms with van der Waals surface area (Å²) in [4.78, 5) is 31.7. The molecule has 198 valence electrons. The van der Waals surface area contributed by atoms with E-state index in [-0.39, 0.29) is 24.4 Å². The third-order valence-corrected chi connectivity index (χ3v) is 8.25. The van der Waals surface area contributed by atoms with Crippen LogP contribution in [0.25, 0.3) is 0 Å². The highest BCUT2D eigenvalue weighted by Gasteiger charge is 2.26. The summed E-state index contributed by atoms with van der Waals surface area (Å²) in [6.07, 6.45) is 8.04. The number of methoxy groups -OCH3 is 2. The van der Waals surface area contributed by atoms with E-state index in [1.54, 1.807) is 25.6 Å². The summed E-state index contributed by atoms with van der Waals surface area (Å²) < 4.78 is 10.8. The van der Waals surface area contributed by atoms with Crippen molar-refractivity contribution in [2.45, 2.75) is 77.8 Å². The second kappa shape index (κ2) is 14.3. The van der Waals surface area contributed by atoms with Crippen LogP contribution in [-0.4, -0.2) is 55.0 Å². The maximum atomic E-state index is 13.6. The van der Waals surface area contributed by atoms with Crippen LogP contribution in [-0.2, 0) is 22.6 Å². The quantitative estimate of drug-likeness (QED) is 0.313. The summed E-state index contributed by atoms with van der Waals surface area (Å²) in [7, 11) is 3.25. The summed E-state index contributed by atoms with van der Waals surface area (Å²) in [6, 6.07) is 9.97. The number of carbonyl (C=O) groups excluding carboxylic acids is 2. The maximum Gasteiger partial charge on any atom is 0.242 e. The molecule has 1 unspecified atom stereocenters. The van der Waals surface area contributed by atoms with E-state index in [1.165, 1.54) is 25.7 Å². The van der Waals surface area contributed by atoms with Gasteiger partial charge < -0.3 is 19.3 Å². The topological polar surface area (TPSA) is 59.1 Å². The van der Waals surface area contributed by atoms with Crippen molar-refractivity contribution >= 4 is 23.2 Å². The fourth-order valence-corrected chi connectivity index (χ4v) is 5.63. The average molecular weight is 515 g/mol. The number of hydrogen-bond donors (Lipinski definition) is 0. The van der Waals surface area contributed by atoms with Crippen molar-refractivity contribution in [3.8, 4) is 11.5 Å². The first-order valence-corrected chi connectivity index (χ1v) is 14.1. The normalized spacial score (nSPS) is 14.4. The third kappa shape index (κ3) is 7.99. The number of benzene rings is 1. The van der Waals surface area contributed by atoms with E-state index in [9.17, 15) is 9.59 Å². The smallest absolute Gasteiger partial charge is 0.242 e. The molecule has 1 aromatic heterocycles. The van der Waals surface area contributed by atoms with E-state index >= 15 is 0 Å². The number of amides is 2. The van der Waals surface area contributed by atoms with Crippen molar-refractivity contribution in [1.82, 2.24) is 9.80 Å². The van der Waals surface area contributed by atoms with Gasteiger partial charge in [-0.2, -0.15) is 0 Å². The molecule has 1 fully saturated rings. The number of thiophene rings is 1. The first-order chi connectivity index (χ1) is 17.4. The van der Waals surface area contributed by atoms with Gasteiger partial charge in [-0.25, -0.2) is 0 Å². The Hall–Kier alpha value is -2.54. The monoisotopic (exact) mass is 514 g/mol. The van der Waals surface area contributed by atoms with Gasteiger partial charge in [-0.3, -0.25) is 9.59 Å². The fraction of sp³-hybridized carbons (Fsp3) is 0.586. The third-order valence-electron chi connectivity index (χ3n) is 7.39. The van der Waals surface area contributed by atoms with Crippen LogP contribution in [0.3, 0.4) is 0 Å². The van der Waals surface area contributed by atoms with Crippen LogP contribution >= 0.6 is 11.3 Å². The van der Waals surface area contributed by atoms with E-state index in [0.717, 1.165) is 23.3 Å². The number of hydrogen-bond acceptors (Lipinski definition) is 5. The van der Waals surface area contributed by atoms with E-state index < -0.39 is 0 Å². The van der Waals surface area contributed by atoms with E-state index in [1.807, 2.05) is 46.4 Å². The zero-order chi connectivity index (χ0) is 25.9. The Bertz CT molecular complexity index is 956. The summed E-state index contributed by atoms with van der Waals surface area (Å²) >= 11 is 1.65. The van der Waals surface area contributed by atoms with Gasteiger partial charge in [0.15, 0.2) is 11.5 Å². The molecule has 6 nitrogen and oxygen atoms in total. The van der Waals surface area contributed by atoms with E-state index in [4.69, 9.17) is 9.47 Å².